The molecule has 3 rings (SSSR count). The second kappa shape index (κ2) is 6.45. The Kier molecular flexibility index (Phi) is 4.21. The number of benzene rings is 1. The minimum absolute atomic E-state index is 0.169. The second-order valence-corrected chi connectivity index (χ2v) is 5.46. The van der Waals surface area contributed by atoms with Crippen molar-refractivity contribution in [2.45, 2.75) is 6.10 Å². The molecule has 0 N–H and O–H groups in total. The van der Waals surface area contributed by atoms with Crippen LogP contribution in [0.3, 0.4) is 0 Å². The molecule has 1 atom stereocenters. The minimum atomic E-state index is -0.383. The summed E-state index contributed by atoms with van der Waals surface area (Å²) in [6, 6.07) is 11.3. The van der Waals surface area contributed by atoms with Crippen molar-refractivity contribution in [3.05, 3.63) is 52.7 Å². The monoisotopic (exact) mass is 302 g/mol. The zero-order valence-corrected chi connectivity index (χ0v) is 12.0. The van der Waals surface area contributed by atoms with E-state index in [2.05, 4.69) is 0 Å². The maximum Gasteiger partial charge on any atom is 0.330 e. The summed E-state index contributed by atoms with van der Waals surface area (Å²) in [4.78, 5) is 12.6. The minimum Gasteiger partial charge on any atom is -0.486 e. The van der Waals surface area contributed by atoms with Crippen molar-refractivity contribution >= 4 is 23.4 Å². The Hall–Kier alpha value is -2.27. The van der Waals surface area contributed by atoms with Crippen LogP contribution in [0.5, 0.6) is 11.5 Å². The highest BCUT2D eigenvalue weighted by atomic mass is 32.1. The van der Waals surface area contributed by atoms with Crippen LogP contribution in [-0.2, 0) is 9.53 Å². The zero-order valence-electron chi connectivity index (χ0n) is 11.2. The molecule has 108 valence electrons. The number of para-hydroxylation sites is 2. The summed E-state index contributed by atoms with van der Waals surface area (Å²) in [7, 11) is 0. The molecule has 1 aliphatic heterocycles. The average molecular weight is 302 g/mol. The molecule has 0 bridgehead atoms. The molecular weight excluding hydrogens is 288 g/mol. The van der Waals surface area contributed by atoms with Gasteiger partial charge in [0.1, 0.15) is 13.2 Å². The summed E-state index contributed by atoms with van der Waals surface area (Å²) >= 11 is 1.56. The molecule has 1 aromatic carbocycles. The molecule has 5 heteroatoms. The van der Waals surface area contributed by atoms with E-state index in [-0.39, 0.29) is 18.7 Å². The van der Waals surface area contributed by atoms with Gasteiger partial charge in [0.2, 0.25) is 0 Å². The van der Waals surface area contributed by atoms with Crippen LogP contribution in [0.15, 0.2) is 47.9 Å². The summed E-state index contributed by atoms with van der Waals surface area (Å²) in [6.07, 6.45) is 2.88. The van der Waals surface area contributed by atoms with Crippen LogP contribution in [0.1, 0.15) is 4.88 Å². The van der Waals surface area contributed by atoms with E-state index >= 15 is 0 Å². The lowest BCUT2D eigenvalue weighted by atomic mass is 10.3. The van der Waals surface area contributed by atoms with Gasteiger partial charge in [0.15, 0.2) is 17.6 Å². The maximum absolute atomic E-state index is 11.6. The molecule has 1 aromatic heterocycles. The van der Waals surface area contributed by atoms with E-state index in [4.69, 9.17) is 14.2 Å². The molecule has 2 aromatic rings. The van der Waals surface area contributed by atoms with Crippen molar-refractivity contribution in [2.75, 3.05) is 13.2 Å². The molecule has 0 saturated heterocycles. The summed E-state index contributed by atoms with van der Waals surface area (Å²) in [6.45, 7) is 0.543. The third kappa shape index (κ3) is 3.64. The Morgan fingerprint density at radius 3 is 2.95 bits per heavy atom. The van der Waals surface area contributed by atoms with Crippen molar-refractivity contribution in [1.82, 2.24) is 0 Å². The summed E-state index contributed by atoms with van der Waals surface area (Å²) in [5.41, 5.74) is 0. The Bertz CT molecular complexity index is 633. The smallest absolute Gasteiger partial charge is 0.330 e. The molecule has 0 amide bonds. The molecule has 0 saturated carbocycles. The van der Waals surface area contributed by atoms with Gasteiger partial charge in [-0.3, -0.25) is 0 Å². The van der Waals surface area contributed by atoms with Crippen molar-refractivity contribution in [1.29, 1.82) is 0 Å². The van der Waals surface area contributed by atoms with E-state index in [0.717, 1.165) is 10.6 Å². The first-order valence-corrected chi connectivity index (χ1v) is 7.46. The zero-order chi connectivity index (χ0) is 14.5. The fourth-order valence-electron chi connectivity index (χ4n) is 1.90. The predicted molar refractivity (Wildman–Crippen MR) is 80.7 cm³/mol. The molecule has 0 spiro atoms. The first-order chi connectivity index (χ1) is 10.3. The number of ether oxygens (including phenoxy) is 3. The fraction of sp³-hybridized carbons (Fsp3) is 0.188. The Balaban J connectivity index is 1.49. The molecule has 4 nitrogen and oxygen atoms in total. The van der Waals surface area contributed by atoms with E-state index in [1.165, 1.54) is 6.08 Å². The number of rotatable bonds is 4. The van der Waals surface area contributed by atoms with E-state index in [1.54, 1.807) is 17.4 Å². The highest BCUT2D eigenvalue weighted by molar-refractivity contribution is 7.10. The van der Waals surface area contributed by atoms with Crippen LogP contribution in [0, 0.1) is 0 Å². The first kappa shape index (κ1) is 13.7. The van der Waals surface area contributed by atoms with Gasteiger partial charge < -0.3 is 14.2 Å². The van der Waals surface area contributed by atoms with Crippen molar-refractivity contribution in [3.63, 3.8) is 0 Å². The third-order valence-corrected chi connectivity index (χ3v) is 3.74. The van der Waals surface area contributed by atoms with Crippen LogP contribution in [0.2, 0.25) is 0 Å². The van der Waals surface area contributed by atoms with Crippen LogP contribution >= 0.6 is 11.3 Å². The summed E-state index contributed by atoms with van der Waals surface area (Å²) < 4.78 is 16.4. The molecule has 1 aliphatic rings. The van der Waals surface area contributed by atoms with E-state index in [9.17, 15) is 4.79 Å². The summed E-state index contributed by atoms with van der Waals surface area (Å²) in [5.74, 6) is 1.02. The topological polar surface area (TPSA) is 44.8 Å². The number of esters is 1. The summed E-state index contributed by atoms with van der Waals surface area (Å²) in [5, 5.41) is 1.95. The Morgan fingerprint density at radius 1 is 1.29 bits per heavy atom. The average Bonchev–Trinajstić information content (AvgIpc) is 3.04. The quantitative estimate of drug-likeness (QED) is 0.643. The third-order valence-electron chi connectivity index (χ3n) is 2.91. The lowest BCUT2D eigenvalue weighted by Gasteiger charge is -2.25. The SMILES string of the molecule is O=C(/C=C/c1cccs1)OC[C@H]1COc2ccccc2O1. The highest BCUT2D eigenvalue weighted by Gasteiger charge is 2.21. The Morgan fingerprint density at radius 2 is 2.14 bits per heavy atom. The second-order valence-electron chi connectivity index (χ2n) is 4.48. The van der Waals surface area contributed by atoms with E-state index < -0.39 is 0 Å². The van der Waals surface area contributed by atoms with Gasteiger partial charge in [-0.1, -0.05) is 18.2 Å². The van der Waals surface area contributed by atoms with Crippen molar-refractivity contribution < 1.29 is 19.0 Å². The number of fused-ring (bicyclic) bond motifs is 1. The van der Waals surface area contributed by atoms with Gasteiger partial charge in [-0.2, -0.15) is 0 Å². The normalized spacial score (nSPS) is 16.9. The van der Waals surface area contributed by atoms with Crippen molar-refractivity contribution in [3.8, 4) is 11.5 Å². The van der Waals surface area contributed by atoms with Crippen LogP contribution < -0.4 is 9.47 Å². The van der Waals surface area contributed by atoms with Gasteiger partial charge in [-0.15, -0.1) is 11.3 Å². The van der Waals surface area contributed by atoms with Gasteiger partial charge in [0.25, 0.3) is 0 Å². The molecule has 2 heterocycles. The van der Waals surface area contributed by atoms with Gasteiger partial charge in [0, 0.05) is 11.0 Å². The lowest BCUT2D eigenvalue weighted by molar-refractivity contribution is -0.140. The fourth-order valence-corrected chi connectivity index (χ4v) is 2.52. The molecule has 0 aliphatic carbocycles. The van der Waals surface area contributed by atoms with Crippen molar-refractivity contribution in [2.24, 2.45) is 0 Å². The molecule has 0 unspecified atom stereocenters. The first-order valence-electron chi connectivity index (χ1n) is 6.58. The van der Waals surface area contributed by atoms with E-state index in [1.807, 2.05) is 41.8 Å². The Labute approximate surface area is 126 Å². The van der Waals surface area contributed by atoms with Crippen LogP contribution in [-0.4, -0.2) is 25.3 Å². The molecule has 0 radical (unpaired) electrons. The molecule has 0 fully saturated rings. The lowest BCUT2D eigenvalue weighted by Crippen LogP contribution is -2.34. The predicted octanol–water partition coefficient (Wildman–Crippen LogP) is 3.14. The van der Waals surface area contributed by atoms with E-state index in [0.29, 0.717) is 12.4 Å². The van der Waals surface area contributed by atoms with Crippen LogP contribution in [0.4, 0.5) is 0 Å². The van der Waals surface area contributed by atoms with Crippen LogP contribution in [0.25, 0.3) is 6.08 Å². The van der Waals surface area contributed by atoms with Gasteiger partial charge >= 0.3 is 5.97 Å². The maximum atomic E-state index is 11.6. The van der Waals surface area contributed by atoms with Gasteiger partial charge in [-0.05, 0) is 29.7 Å². The molecular formula is C16H14O4S. The number of hydrogen-bond donors (Lipinski definition) is 0. The highest BCUT2D eigenvalue weighted by Crippen LogP contribution is 2.30. The largest absolute Gasteiger partial charge is 0.486 e. The number of hydrogen-bond acceptors (Lipinski definition) is 5. The van der Waals surface area contributed by atoms with Gasteiger partial charge in [-0.25, -0.2) is 4.79 Å². The number of thiophene rings is 1. The van der Waals surface area contributed by atoms with Gasteiger partial charge in [0.05, 0.1) is 0 Å². The number of carbonyl (C=O) groups excluding carboxylic acids is 1. The molecule has 21 heavy (non-hydrogen) atoms. The standard InChI is InChI=1S/C16H14O4S/c17-16(8-7-13-4-3-9-21-13)19-11-12-10-18-14-5-1-2-6-15(14)20-12/h1-9,12H,10-11H2/b8-7+/t12-/m1/s1. The number of carbonyl (C=O) groups is 1.